The summed E-state index contributed by atoms with van der Waals surface area (Å²) in [6.45, 7) is 8.46. The molecule has 0 aromatic heterocycles. The van der Waals surface area contributed by atoms with Gasteiger partial charge in [0.1, 0.15) is 5.54 Å². The molecule has 18 heavy (non-hydrogen) atoms. The first-order valence-corrected chi connectivity index (χ1v) is 7.22. The third kappa shape index (κ3) is 3.45. The monoisotopic (exact) mass is 256 g/mol. The highest BCUT2D eigenvalue weighted by molar-refractivity contribution is 5.81. The first-order chi connectivity index (χ1) is 8.59. The van der Waals surface area contributed by atoms with Gasteiger partial charge in [-0.15, -0.1) is 0 Å². The number of nitrogens with zero attached hydrogens (tertiary/aromatic N) is 1. The van der Waals surface area contributed by atoms with E-state index < -0.39 is 5.54 Å². The van der Waals surface area contributed by atoms with Gasteiger partial charge in [-0.1, -0.05) is 13.8 Å². The Morgan fingerprint density at radius 1 is 1.44 bits per heavy atom. The summed E-state index contributed by atoms with van der Waals surface area (Å²) < 4.78 is 5.25. The van der Waals surface area contributed by atoms with E-state index in [1.54, 1.807) is 0 Å². The lowest BCUT2D eigenvalue weighted by Crippen LogP contribution is -2.52. The second kappa shape index (κ2) is 7.10. The van der Waals surface area contributed by atoms with Crippen molar-refractivity contribution in [2.75, 3.05) is 26.7 Å². The van der Waals surface area contributed by atoms with E-state index in [0.717, 1.165) is 38.8 Å². The molecule has 2 atom stereocenters. The van der Waals surface area contributed by atoms with Crippen molar-refractivity contribution in [3.05, 3.63) is 0 Å². The van der Waals surface area contributed by atoms with Gasteiger partial charge in [0.05, 0.1) is 6.61 Å². The molecule has 0 aromatic rings. The van der Waals surface area contributed by atoms with E-state index in [1.807, 2.05) is 13.8 Å². The SMILES string of the molecule is CCCN(C)C1CCC(NCC)(C(=O)OCC)C1. The lowest BCUT2D eigenvalue weighted by Gasteiger charge is -2.30. The van der Waals surface area contributed by atoms with Gasteiger partial charge in [0.2, 0.25) is 0 Å². The zero-order chi connectivity index (χ0) is 13.6. The Labute approximate surface area is 111 Å². The number of ether oxygens (including phenoxy) is 1. The molecule has 0 saturated heterocycles. The van der Waals surface area contributed by atoms with Crippen LogP contribution in [0, 0.1) is 0 Å². The number of nitrogens with one attached hydrogen (secondary N) is 1. The minimum absolute atomic E-state index is 0.0701. The molecular weight excluding hydrogens is 228 g/mol. The summed E-state index contributed by atoms with van der Waals surface area (Å²) in [6, 6.07) is 0.494. The number of esters is 1. The molecule has 106 valence electrons. The van der Waals surface area contributed by atoms with E-state index in [4.69, 9.17) is 4.74 Å². The predicted molar refractivity (Wildman–Crippen MR) is 73.6 cm³/mol. The Kier molecular flexibility index (Phi) is 6.09. The van der Waals surface area contributed by atoms with Crippen molar-refractivity contribution < 1.29 is 9.53 Å². The van der Waals surface area contributed by atoms with Crippen LogP contribution in [-0.2, 0) is 9.53 Å². The topological polar surface area (TPSA) is 41.6 Å². The van der Waals surface area contributed by atoms with Crippen LogP contribution < -0.4 is 5.32 Å². The molecular formula is C14H28N2O2. The van der Waals surface area contributed by atoms with Gasteiger partial charge in [-0.25, -0.2) is 0 Å². The quantitative estimate of drug-likeness (QED) is 0.705. The molecule has 0 aliphatic heterocycles. The molecule has 0 bridgehead atoms. The summed E-state index contributed by atoms with van der Waals surface area (Å²) in [5.74, 6) is -0.0701. The van der Waals surface area contributed by atoms with Crippen LogP contribution in [0.1, 0.15) is 46.5 Å². The van der Waals surface area contributed by atoms with Gasteiger partial charge < -0.3 is 15.0 Å². The molecule has 1 N–H and O–H groups in total. The van der Waals surface area contributed by atoms with Crippen molar-refractivity contribution in [3.63, 3.8) is 0 Å². The van der Waals surface area contributed by atoms with Crippen LogP contribution in [0.5, 0.6) is 0 Å². The van der Waals surface area contributed by atoms with Gasteiger partial charge in [0, 0.05) is 6.04 Å². The van der Waals surface area contributed by atoms with Crippen LogP contribution in [0.2, 0.25) is 0 Å². The molecule has 1 saturated carbocycles. The molecule has 1 rings (SSSR count). The maximum Gasteiger partial charge on any atom is 0.326 e. The highest BCUT2D eigenvalue weighted by Gasteiger charge is 2.46. The first kappa shape index (κ1) is 15.4. The Hall–Kier alpha value is -0.610. The van der Waals surface area contributed by atoms with Gasteiger partial charge in [-0.2, -0.15) is 0 Å². The van der Waals surface area contributed by atoms with Crippen LogP contribution in [-0.4, -0.2) is 49.2 Å². The number of likely N-dealkylation sites (N-methyl/N-ethyl adjacent to an activating group) is 1. The molecule has 1 fully saturated rings. The Balaban J connectivity index is 2.68. The fraction of sp³-hybridized carbons (Fsp3) is 0.929. The number of carbonyl (C=O) groups is 1. The Morgan fingerprint density at radius 2 is 2.17 bits per heavy atom. The molecule has 1 aliphatic carbocycles. The van der Waals surface area contributed by atoms with Crippen molar-refractivity contribution in [1.82, 2.24) is 10.2 Å². The van der Waals surface area contributed by atoms with E-state index in [0.29, 0.717) is 12.6 Å². The van der Waals surface area contributed by atoms with E-state index >= 15 is 0 Å². The summed E-state index contributed by atoms with van der Waals surface area (Å²) in [4.78, 5) is 14.6. The van der Waals surface area contributed by atoms with Gasteiger partial charge >= 0.3 is 5.97 Å². The van der Waals surface area contributed by atoms with Crippen LogP contribution in [0.4, 0.5) is 0 Å². The van der Waals surface area contributed by atoms with Gasteiger partial charge in [-0.3, -0.25) is 4.79 Å². The Bertz CT molecular complexity index is 271. The minimum Gasteiger partial charge on any atom is -0.465 e. The third-order valence-corrected chi connectivity index (χ3v) is 3.87. The third-order valence-electron chi connectivity index (χ3n) is 3.87. The van der Waals surface area contributed by atoms with E-state index in [-0.39, 0.29) is 5.97 Å². The lowest BCUT2D eigenvalue weighted by atomic mass is 9.97. The molecule has 0 heterocycles. The zero-order valence-corrected chi connectivity index (χ0v) is 12.3. The summed E-state index contributed by atoms with van der Waals surface area (Å²) in [5.41, 5.74) is -0.447. The summed E-state index contributed by atoms with van der Waals surface area (Å²) >= 11 is 0. The number of hydrogen-bond donors (Lipinski definition) is 1. The lowest BCUT2D eigenvalue weighted by molar-refractivity contribution is -0.151. The molecule has 0 aromatic carbocycles. The summed E-state index contributed by atoms with van der Waals surface area (Å²) in [5, 5.41) is 3.37. The van der Waals surface area contributed by atoms with Crippen molar-refractivity contribution in [2.24, 2.45) is 0 Å². The fourth-order valence-corrected chi connectivity index (χ4v) is 2.96. The summed E-state index contributed by atoms with van der Waals surface area (Å²) in [6.07, 6.45) is 3.98. The largest absolute Gasteiger partial charge is 0.465 e. The maximum atomic E-state index is 12.2. The average Bonchev–Trinajstić information content (AvgIpc) is 2.76. The second-order valence-electron chi connectivity index (χ2n) is 5.21. The van der Waals surface area contributed by atoms with E-state index in [2.05, 4.69) is 24.2 Å². The molecule has 0 amide bonds. The van der Waals surface area contributed by atoms with Crippen LogP contribution in [0.25, 0.3) is 0 Å². The molecule has 4 nitrogen and oxygen atoms in total. The Morgan fingerprint density at radius 3 is 2.72 bits per heavy atom. The molecule has 1 aliphatic rings. The van der Waals surface area contributed by atoms with E-state index in [1.165, 1.54) is 0 Å². The van der Waals surface area contributed by atoms with E-state index in [9.17, 15) is 4.79 Å². The maximum absolute atomic E-state index is 12.2. The number of hydrogen-bond acceptors (Lipinski definition) is 4. The number of carbonyl (C=O) groups excluding carboxylic acids is 1. The van der Waals surface area contributed by atoms with Crippen molar-refractivity contribution in [2.45, 2.75) is 58.0 Å². The molecule has 2 unspecified atom stereocenters. The van der Waals surface area contributed by atoms with Crippen LogP contribution >= 0.6 is 0 Å². The van der Waals surface area contributed by atoms with Crippen molar-refractivity contribution in [1.29, 1.82) is 0 Å². The van der Waals surface area contributed by atoms with Crippen LogP contribution in [0.3, 0.4) is 0 Å². The normalized spacial score (nSPS) is 27.7. The standard InChI is InChI=1S/C14H28N2O2/c1-5-10-16(4)12-8-9-14(11-12,15-6-2)13(17)18-7-3/h12,15H,5-11H2,1-4H3. The first-order valence-electron chi connectivity index (χ1n) is 7.22. The highest BCUT2D eigenvalue weighted by Crippen LogP contribution is 2.33. The molecule has 4 heteroatoms. The summed E-state index contributed by atoms with van der Waals surface area (Å²) in [7, 11) is 2.15. The average molecular weight is 256 g/mol. The molecule has 0 spiro atoms. The number of rotatable bonds is 7. The zero-order valence-electron chi connectivity index (χ0n) is 12.3. The van der Waals surface area contributed by atoms with Gasteiger partial charge in [-0.05, 0) is 52.7 Å². The molecule has 0 radical (unpaired) electrons. The highest BCUT2D eigenvalue weighted by atomic mass is 16.5. The van der Waals surface area contributed by atoms with Crippen molar-refractivity contribution >= 4 is 5.97 Å². The second-order valence-corrected chi connectivity index (χ2v) is 5.21. The van der Waals surface area contributed by atoms with Crippen molar-refractivity contribution in [3.8, 4) is 0 Å². The van der Waals surface area contributed by atoms with Gasteiger partial charge in [0.15, 0.2) is 0 Å². The minimum atomic E-state index is -0.447. The predicted octanol–water partition coefficient (Wildman–Crippen LogP) is 1.79. The van der Waals surface area contributed by atoms with Gasteiger partial charge in [0.25, 0.3) is 0 Å². The smallest absolute Gasteiger partial charge is 0.326 e. The fourth-order valence-electron chi connectivity index (χ4n) is 2.96. The van der Waals surface area contributed by atoms with Crippen LogP contribution in [0.15, 0.2) is 0 Å².